The van der Waals surface area contributed by atoms with Crippen LogP contribution in [-0.4, -0.2) is 17.2 Å². The summed E-state index contributed by atoms with van der Waals surface area (Å²) in [6.45, 7) is 1.93. The standard InChI is InChI=1S/C11H14O3S2/c1-2-4-10(11(12)13)14-8-5-3-6-9(7-8)16-15/h3,5-7,10,15H,2,4H2,1H3,(H,12,13). The van der Waals surface area contributed by atoms with Gasteiger partial charge in [-0.1, -0.05) is 30.2 Å². The predicted molar refractivity (Wildman–Crippen MR) is 68.2 cm³/mol. The highest BCUT2D eigenvalue weighted by Gasteiger charge is 2.17. The Bertz CT molecular complexity index is 355. The maximum Gasteiger partial charge on any atom is 0.344 e. The molecular formula is C11H14O3S2. The Morgan fingerprint density at radius 1 is 1.62 bits per heavy atom. The third-order valence-electron chi connectivity index (χ3n) is 2.02. The minimum Gasteiger partial charge on any atom is -0.479 e. The minimum atomic E-state index is -0.925. The van der Waals surface area contributed by atoms with E-state index in [9.17, 15) is 4.79 Å². The Labute approximate surface area is 104 Å². The Hall–Kier alpha value is -0.810. The zero-order chi connectivity index (χ0) is 12.0. The fourth-order valence-electron chi connectivity index (χ4n) is 1.26. The monoisotopic (exact) mass is 258 g/mol. The van der Waals surface area contributed by atoms with Gasteiger partial charge in [-0.2, -0.15) is 0 Å². The molecule has 0 aliphatic carbocycles. The average Bonchev–Trinajstić information content (AvgIpc) is 2.28. The number of carbonyl (C=O) groups is 1. The van der Waals surface area contributed by atoms with Gasteiger partial charge in [-0.25, -0.2) is 4.79 Å². The van der Waals surface area contributed by atoms with Crippen molar-refractivity contribution in [2.45, 2.75) is 30.8 Å². The van der Waals surface area contributed by atoms with Crippen molar-refractivity contribution in [3.05, 3.63) is 24.3 Å². The Morgan fingerprint density at radius 3 is 2.94 bits per heavy atom. The number of rotatable bonds is 6. The van der Waals surface area contributed by atoms with Crippen molar-refractivity contribution in [1.29, 1.82) is 0 Å². The molecule has 5 heteroatoms. The van der Waals surface area contributed by atoms with Crippen LogP contribution in [0.3, 0.4) is 0 Å². The fraction of sp³-hybridized carbons (Fsp3) is 0.364. The van der Waals surface area contributed by atoms with Crippen LogP contribution in [-0.2, 0) is 4.79 Å². The molecule has 0 heterocycles. The van der Waals surface area contributed by atoms with Crippen molar-refractivity contribution >= 4 is 28.4 Å². The summed E-state index contributed by atoms with van der Waals surface area (Å²) in [6.07, 6.45) is 0.510. The molecule has 0 fully saturated rings. The molecule has 0 radical (unpaired) electrons. The van der Waals surface area contributed by atoms with Crippen LogP contribution in [0.4, 0.5) is 0 Å². The molecule has 0 spiro atoms. The number of hydrogen-bond donors (Lipinski definition) is 2. The van der Waals surface area contributed by atoms with Gasteiger partial charge in [-0.05, 0) is 24.6 Å². The Balaban J connectivity index is 2.72. The molecule has 0 aliphatic rings. The van der Waals surface area contributed by atoms with Gasteiger partial charge in [0.25, 0.3) is 0 Å². The van der Waals surface area contributed by atoms with E-state index >= 15 is 0 Å². The molecule has 1 unspecified atom stereocenters. The molecule has 0 aliphatic heterocycles. The Morgan fingerprint density at radius 2 is 2.38 bits per heavy atom. The van der Waals surface area contributed by atoms with E-state index in [0.717, 1.165) is 11.3 Å². The first-order valence-electron chi connectivity index (χ1n) is 4.98. The van der Waals surface area contributed by atoms with Gasteiger partial charge >= 0.3 is 5.97 Å². The lowest BCUT2D eigenvalue weighted by Crippen LogP contribution is -2.26. The van der Waals surface area contributed by atoms with Crippen molar-refractivity contribution in [1.82, 2.24) is 0 Å². The molecule has 0 amide bonds. The predicted octanol–water partition coefficient (Wildman–Crippen LogP) is 3.26. The average molecular weight is 258 g/mol. The zero-order valence-electron chi connectivity index (χ0n) is 8.92. The molecule has 3 nitrogen and oxygen atoms in total. The van der Waals surface area contributed by atoms with Crippen molar-refractivity contribution in [2.75, 3.05) is 0 Å². The van der Waals surface area contributed by atoms with E-state index in [0.29, 0.717) is 12.2 Å². The lowest BCUT2D eigenvalue weighted by Gasteiger charge is -2.14. The Kier molecular flexibility index (Phi) is 5.55. The van der Waals surface area contributed by atoms with Gasteiger partial charge in [0.05, 0.1) is 0 Å². The SMILES string of the molecule is CCCC(Oc1cccc(SS)c1)C(=O)O. The first kappa shape index (κ1) is 13.3. The number of thiol groups is 1. The summed E-state index contributed by atoms with van der Waals surface area (Å²) in [5.41, 5.74) is 0. The van der Waals surface area contributed by atoms with Crippen LogP contribution in [0.1, 0.15) is 19.8 Å². The van der Waals surface area contributed by atoms with E-state index in [1.807, 2.05) is 19.1 Å². The normalized spacial score (nSPS) is 12.1. The van der Waals surface area contributed by atoms with Gasteiger partial charge in [0, 0.05) is 4.90 Å². The van der Waals surface area contributed by atoms with Crippen molar-refractivity contribution in [2.24, 2.45) is 0 Å². The first-order valence-corrected chi connectivity index (χ1v) is 6.85. The van der Waals surface area contributed by atoms with E-state index < -0.39 is 12.1 Å². The van der Waals surface area contributed by atoms with Crippen LogP contribution in [0.2, 0.25) is 0 Å². The second-order valence-electron chi connectivity index (χ2n) is 3.30. The van der Waals surface area contributed by atoms with Crippen molar-refractivity contribution < 1.29 is 14.6 Å². The molecule has 1 aromatic rings. The van der Waals surface area contributed by atoms with Crippen LogP contribution < -0.4 is 4.74 Å². The van der Waals surface area contributed by atoms with Gasteiger partial charge in [-0.15, -0.1) is 11.7 Å². The number of carboxylic acid groups (broad SMARTS) is 1. The van der Waals surface area contributed by atoms with Gasteiger partial charge in [0.2, 0.25) is 0 Å². The van der Waals surface area contributed by atoms with E-state index in [4.69, 9.17) is 9.84 Å². The third-order valence-corrected chi connectivity index (χ3v) is 3.11. The molecule has 1 N–H and O–H groups in total. The second-order valence-corrected chi connectivity index (χ2v) is 4.50. The molecule has 0 saturated heterocycles. The summed E-state index contributed by atoms with van der Waals surface area (Å²) in [5, 5.41) is 8.95. The quantitative estimate of drug-likeness (QED) is 0.607. The van der Waals surface area contributed by atoms with Crippen molar-refractivity contribution in [3.8, 4) is 5.75 Å². The van der Waals surface area contributed by atoms with E-state index in [2.05, 4.69) is 11.7 Å². The largest absolute Gasteiger partial charge is 0.479 e. The maximum atomic E-state index is 10.9. The molecule has 1 aromatic carbocycles. The molecule has 16 heavy (non-hydrogen) atoms. The highest BCUT2D eigenvalue weighted by atomic mass is 33.1. The number of hydrogen-bond acceptors (Lipinski definition) is 4. The number of ether oxygens (including phenoxy) is 1. The number of carboxylic acids is 1. The van der Waals surface area contributed by atoms with Crippen LogP contribution in [0.15, 0.2) is 29.2 Å². The number of aliphatic carboxylic acids is 1. The van der Waals surface area contributed by atoms with Crippen LogP contribution >= 0.6 is 22.5 Å². The lowest BCUT2D eigenvalue weighted by atomic mass is 10.2. The van der Waals surface area contributed by atoms with Gasteiger partial charge < -0.3 is 9.84 Å². The topological polar surface area (TPSA) is 46.5 Å². The lowest BCUT2D eigenvalue weighted by molar-refractivity contribution is -0.145. The van der Waals surface area contributed by atoms with Crippen LogP contribution in [0.5, 0.6) is 5.75 Å². The highest BCUT2D eigenvalue weighted by molar-refractivity contribution is 8.68. The van der Waals surface area contributed by atoms with Crippen molar-refractivity contribution in [3.63, 3.8) is 0 Å². The van der Waals surface area contributed by atoms with E-state index in [1.165, 1.54) is 10.8 Å². The summed E-state index contributed by atoms with van der Waals surface area (Å²) >= 11 is 4.07. The summed E-state index contributed by atoms with van der Waals surface area (Å²) in [6, 6.07) is 7.24. The molecule has 88 valence electrons. The first-order chi connectivity index (χ1) is 7.67. The number of benzene rings is 1. The van der Waals surface area contributed by atoms with Crippen LogP contribution in [0.25, 0.3) is 0 Å². The van der Waals surface area contributed by atoms with Gasteiger partial charge in [-0.3, -0.25) is 0 Å². The molecule has 0 saturated carbocycles. The zero-order valence-corrected chi connectivity index (χ0v) is 10.6. The molecule has 1 rings (SSSR count). The summed E-state index contributed by atoms with van der Waals surface area (Å²) in [4.78, 5) is 11.8. The van der Waals surface area contributed by atoms with Gasteiger partial charge in [0.15, 0.2) is 6.10 Å². The fourth-order valence-corrected chi connectivity index (χ4v) is 1.91. The van der Waals surface area contributed by atoms with Gasteiger partial charge in [0.1, 0.15) is 5.75 Å². The molecule has 0 aromatic heterocycles. The minimum absolute atomic E-state index is 0.508. The maximum absolute atomic E-state index is 10.9. The van der Waals surface area contributed by atoms with E-state index in [1.54, 1.807) is 12.1 Å². The second kappa shape index (κ2) is 6.70. The molecule has 1 atom stereocenters. The molecular weight excluding hydrogens is 244 g/mol. The smallest absolute Gasteiger partial charge is 0.344 e. The molecule has 0 bridgehead atoms. The summed E-state index contributed by atoms with van der Waals surface area (Å²) < 4.78 is 5.41. The van der Waals surface area contributed by atoms with Crippen LogP contribution in [0, 0.1) is 0 Å². The van der Waals surface area contributed by atoms with E-state index in [-0.39, 0.29) is 0 Å². The third kappa shape index (κ3) is 3.98. The summed E-state index contributed by atoms with van der Waals surface area (Å²) in [7, 11) is 1.30. The summed E-state index contributed by atoms with van der Waals surface area (Å²) in [5.74, 6) is -0.356. The highest BCUT2D eigenvalue weighted by Crippen LogP contribution is 2.26.